The summed E-state index contributed by atoms with van der Waals surface area (Å²) < 4.78 is 4.99. The maximum atomic E-state index is 11.6. The number of hydrogen-bond acceptors (Lipinski definition) is 4. The van der Waals surface area contributed by atoms with Crippen LogP contribution in [0.5, 0.6) is 0 Å². The molecule has 1 atom stereocenters. The summed E-state index contributed by atoms with van der Waals surface area (Å²) in [6, 6.07) is 0.117. The molecule has 1 amide bonds. The summed E-state index contributed by atoms with van der Waals surface area (Å²) in [6.45, 7) is 2.14. The lowest BCUT2D eigenvalue weighted by Gasteiger charge is -2.27. The van der Waals surface area contributed by atoms with Crippen molar-refractivity contribution in [3.63, 3.8) is 0 Å². The van der Waals surface area contributed by atoms with Gasteiger partial charge >= 0.3 is 0 Å². The van der Waals surface area contributed by atoms with Crippen molar-refractivity contribution >= 4 is 5.91 Å². The SMILES string of the molecule is COCCCN(C)C(CN)CC(=O)N(C)C. The molecule has 2 N–H and O–H groups in total. The first-order valence-corrected chi connectivity index (χ1v) is 5.62. The highest BCUT2D eigenvalue weighted by Gasteiger charge is 2.17. The van der Waals surface area contributed by atoms with Crippen LogP contribution < -0.4 is 5.73 Å². The molecule has 0 spiro atoms. The van der Waals surface area contributed by atoms with Gasteiger partial charge in [-0.15, -0.1) is 0 Å². The van der Waals surface area contributed by atoms with E-state index >= 15 is 0 Å². The van der Waals surface area contributed by atoms with Crippen LogP contribution in [0.3, 0.4) is 0 Å². The van der Waals surface area contributed by atoms with Crippen molar-refractivity contribution in [1.82, 2.24) is 9.80 Å². The second kappa shape index (κ2) is 8.50. The van der Waals surface area contributed by atoms with E-state index in [4.69, 9.17) is 10.5 Å². The van der Waals surface area contributed by atoms with Crippen LogP contribution in [-0.2, 0) is 9.53 Å². The number of nitrogens with zero attached hydrogens (tertiary/aromatic N) is 2. The average Bonchev–Trinajstić information content (AvgIpc) is 2.25. The summed E-state index contributed by atoms with van der Waals surface area (Å²) >= 11 is 0. The van der Waals surface area contributed by atoms with Gasteiger partial charge in [-0.05, 0) is 13.5 Å². The van der Waals surface area contributed by atoms with Gasteiger partial charge < -0.3 is 20.3 Å². The number of rotatable bonds is 8. The predicted molar refractivity (Wildman–Crippen MR) is 65.3 cm³/mol. The Morgan fingerprint density at radius 3 is 2.44 bits per heavy atom. The summed E-state index contributed by atoms with van der Waals surface area (Å²) in [5.41, 5.74) is 5.68. The summed E-state index contributed by atoms with van der Waals surface area (Å²) in [6.07, 6.45) is 1.44. The Morgan fingerprint density at radius 2 is 2.00 bits per heavy atom. The highest BCUT2D eigenvalue weighted by molar-refractivity contribution is 5.76. The topological polar surface area (TPSA) is 58.8 Å². The molecule has 0 aromatic carbocycles. The first-order chi connectivity index (χ1) is 7.52. The molecule has 16 heavy (non-hydrogen) atoms. The van der Waals surface area contributed by atoms with Crippen LogP contribution in [0, 0.1) is 0 Å². The van der Waals surface area contributed by atoms with Crippen molar-refractivity contribution in [1.29, 1.82) is 0 Å². The van der Waals surface area contributed by atoms with Gasteiger partial charge in [0.2, 0.25) is 5.91 Å². The van der Waals surface area contributed by atoms with E-state index in [1.165, 1.54) is 0 Å². The van der Waals surface area contributed by atoms with Crippen molar-refractivity contribution in [2.45, 2.75) is 18.9 Å². The number of methoxy groups -OCH3 is 1. The van der Waals surface area contributed by atoms with Crippen LogP contribution >= 0.6 is 0 Å². The third-order valence-electron chi connectivity index (χ3n) is 2.66. The van der Waals surface area contributed by atoms with Crippen molar-refractivity contribution in [2.75, 3.05) is 47.9 Å². The third-order valence-corrected chi connectivity index (χ3v) is 2.66. The minimum atomic E-state index is 0.117. The highest BCUT2D eigenvalue weighted by Crippen LogP contribution is 2.03. The quantitative estimate of drug-likeness (QED) is 0.586. The molecule has 96 valence electrons. The lowest BCUT2D eigenvalue weighted by atomic mass is 10.1. The van der Waals surface area contributed by atoms with E-state index in [0.29, 0.717) is 13.0 Å². The van der Waals surface area contributed by atoms with Gasteiger partial charge in [0.1, 0.15) is 0 Å². The molecular formula is C11H25N3O2. The second-order valence-corrected chi connectivity index (χ2v) is 4.21. The zero-order chi connectivity index (χ0) is 12.6. The minimum Gasteiger partial charge on any atom is -0.385 e. The van der Waals surface area contributed by atoms with Crippen LogP contribution in [0.2, 0.25) is 0 Å². The maximum Gasteiger partial charge on any atom is 0.223 e. The van der Waals surface area contributed by atoms with E-state index in [1.54, 1.807) is 26.1 Å². The molecule has 5 nitrogen and oxygen atoms in total. The van der Waals surface area contributed by atoms with Gasteiger partial charge in [0.25, 0.3) is 0 Å². The Bertz CT molecular complexity index is 198. The Balaban J connectivity index is 4.00. The number of hydrogen-bond donors (Lipinski definition) is 1. The van der Waals surface area contributed by atoms with E-state index in [0.717, 1.165) is 19.6 Å². The van der Waals surface area contributed by atoms with Gasteiger partial charge in [0, 0.05) is 53.4 Å². The molecule has 0 radical (unpaired) electrons. The van der Waals surface area contributed by atoms with Gasteiger partial charge in [-0.1, -0.05) is 0 Å². The summed E-state index contributed by atoms with van der Waals surface area (Å²) in [7, 11) is 7.22. The zero-order valence-corrected chi connectivity index (χ0v) is 10.9. The second-order valence-electron chi connectivity index (χ2n) is 4.21. The molecule has 0 fully saturated rings. The fourth-order valence-electron chi connectivity index (χ4n) is 1.44. The van der Waals surface area contributed by atoms with Gasteiger partial charge in [-0.2, -0.15) is 0 Å². The first kappa shape index (κ1) is 15.3. The zero-order valence-electron chi connectivity index (χ0n) is 10.9. The van der Waals surface area contributed by atoms with Crippen LogP contribution in [0.4, 0.5) is 0 Å². The molecule has 0 aliphatic carbocycles. The lowest BCUT2D eigenvalue weighted by Crippen LogP contribution is -2.42. The van der Waals surface area contributed by atoms with Crippen molar-refractivity contribution in [3.8, 4) is 0 Å². The number of ether oxygens (including phenoxy) is 1. The number of likely N-dealkylation sites (N-methyl/N-ethyl adjacent to an activating group) is 1. The number of carbonyl (C=O) groups excluding carboxylic acids is 1. The molecule has 1 unspecified atom stereocenters. The predicted octanol–water partition coefficient (Wildman–Crippen LogP) is -0.240. The molecule has 0 rings (SSSR count). The number of nitrogens with two attached hydrogens (primary N) is 1. The molecule has 0 aromatic rings. The van der Waals surface area contributed by atoms with Crippen LogP contribution in [0.1, 0.15) is 12.8 Å². The van der Waals surface area contributed by atoms with E-state index in [-0.39, 0.29) is 11.9 Å². The van der Waals surface area contributed by atoms with E-state index in [9.17, 15) is 4.79 Å². The van der Waals surface area contributed by atoms with E-state index in [1.807, 2.05) is 7.05 Å². The smallest absolute Gasteiger partial charge is 0.223 e. The van der Waals surface area contributed by atoms with E-state index < -0.39 is 0 Å². The fourth-order valence-corrected chi connectivity index (χ4v) is 1.44. The van der Waals surface area contributed by atoms with Crippen molar-refractivity contribution < 1.29 is 9.53 Å². The third kappa shape index (κ3) is 6.05. The maximum absolute atomic E-state index is 11.6. The minimum absolute atomic E-state index is 0.117. The van der Waals surface area contributed by atoms with Gasteiger partial charge in [0.15, 0.2) is 0 Å². The van der Waals surface area contributed by atoms with E-state index in [2.05, 4.69) is 4.90 Å². The molecular weight excluding hydrogens is 206 g/mol. The van der Waals surface area contributed by atoms with Crippen molar-refractivity contribution in [3.05, 3.63) is 0 Å². The summed E-state index contributed by atoms with van der Waals surface area (Å²) in [4.78, 5) is 15.3. The average molecular weight is 231 g/mol. The van der Waals surface area contributed by atoms with Gasteiger partial charge in [-0.3, -0.25) is 4.79 Å². The molecule has 0 aliphatic heterocycles. The molecule has 0 saturated heterocycles. The van der Waals surface area contributed by atoms with Crippen LogP contribution in [-0.4, -0.2) is 69.7 Å². The molecule has 0 aliphatic rings. The first-order valence-electron chi connectivity index (χ1n) is 5.62. The Hall–Kier alpha value is -0.650. The monoisotopic (exact) mass is 231 g/mol. The van der Waals surface area contributed by atoms with Crippen LogP contribution in [0.15, 0.2) is 0 Å². The normalized spacial score (nSPS) is 12.9. The summed E-state index contributed by atoms with van der Waals surface area (Å²) in [5.74, 6) is 0.119. The molecule has 0 bridgehead atoms. The molecule has 0 aromatic heterocycles. The number of amides is 1. The van der Waals surface area contributed by atoms with Gasteiger partial charge in [-0.25, -0.2) is 0 Å². The highest BCUT2D eigenvalue weighted by atomic mass is 16.5. The Kier molecular flexibility index (Phi) is 8.15. The van der Waals surface area contributed by atoms with Crippen LogP contribution in [0.25, 0.3) is 0 Å². The standard InChI is InChI=1S/C11H25N3O2/c1-13(2)11(15)8-10(9-12)14(3)6-5-7-16-4/h10H,5-9,12H2,1-4H3. The van der Waals surface area contributed by atoms with Crippen molar-refractivity contribution in [2.24, 2.45) is 5.73 Å². The summed E-state index contributed by atoms with van der Waals surface area (Å²) in [5, 5.41) is 0. The molecule has 5 heteroatoms. The molecule has 0 heterocycles. The number of carbonyl (C=O) groups is 1. The lowest BCUT2D eigenvalue weighted by molar-refractivity contribution is -0.129. The largest absolute Gasteiger partial charge is 0.385 e. The van der Waals surface area contributed by atoms with Gasteiger partial charge in [0.05, 0.1) is 0 Å². The Labute approximate surface area is 98.5 Å². The Morgan fingerprint density at radius 1 is 1.38 bits per heavy atom. The molecule has 0 saturated carbocycles. The fraction of sp³-hybridized carbons (Fsp3) is 0.909.